The van der Waals surface area contributed by atoms with E-state index < -0.39 is 0 Å². The first-order valence-electron chi connectivity index (χ1n) is 8.24. The zero-order valence-electron chi connectivity index (χ0n) is 15.3. The number of nitrogens with one attached hydrogen (secondary N) is 1. The molecule has 0 fully saturated rings. The maximum absolute atomic E-state index is 12.5. The van der Waals surface area contributed by atoms with Crippen molar-refractivity contribution in [1.29, 1.82) is 0 Å². The number of benzene rings is 2. The number of hydrogen-bond acceptors (Lipinski definition) is 4. The molecule has 0 radical (unpaired) electrons. The third-order valence-corrected chi connectivity index (χ3v) is 3.74. The molecule has 0 aliphatic heterocycles. The number of carbonyl (C=O) groups is 1. The van der Waals surface area contributed by atoms with Crippen LogP contribution < -0.4 is 19.5 Å². The lowest BCUT2D eigenvalue weighted by molar-refractivity contribution is 0.0939. The van der Waals surface area contributed by atoms with Crippen LogP contribution in [-0.2, 0) is 0 Å². The molecule has 0 spiro atoms. The van der Waals surface area contributed by atoms with Gasteiger partial charge >= 0.3 is 0 Å². The first kappa shape index (κ1) is 18.6. The molecule has 0 aromatic heterocycles. The van der Waals surface area contributed by atoms with Gasteiger partial charge in [0, 0.05) is 11.1 Å². The zero-order valence-corrected chi connectivity index (χ0v) is 15.3. The van der Waals surface area contributed by atoms with Crippen molar-refractivity contribution in [2.75, 3.05) is 14.2 Å². The van der Waals surface area contributed by atoms with Crippen molar-refractivity contribution in [3.05, 3.63) is 53.6 Å². The molecule has 2 aromatic carbocycles. The van der Waals surface area contributed by atoms with Crippen LogP contribution in [0.5, 0.6) is 17.2 Å². The Kier molecular flexibility index (Phi) is 6.28. The molecule has 0 aliphatic rings. The zero-order chi connectivity index (χ0) is 18.4. The number of methoxy groups -OCH3 is 2. The van der Waals surface area contributed by atoms with Crippen molar-refractivity contribution >= 4 is 5.91 Å². The molecule has 1 unspecified atom stereocenters. The van der Waals surface area contributed by atoms with Gasteiger partial charge in [-0.15, -0.1) is 0 Å². The van der Waals surface area contributed by atoms with Crippen LogP contribution in [0.15, 0.2) is 42.5 Å². The Balaban J connectivity index is 2.12. The third-order valence-electron chi connectivity index (χ3n) is 3.74. The van der Waals surface area contributed by atoms with Gasteiger partial charge in [0.2, 0.25) is 0 Å². The van der Waals surface area contributed by atoms with E-state index in [1.807, 2.05) is 39.0 Å². The van der Waals surface area contributed by atoms with E-state index in [0.29, 0.717) is 17.1 Å². The Morgan fingerprint density at radius 1 is 0.920 bits per heavy atom. The molecule has 0 saturated heterocycles. The average Bonchev–Trinajstić information content (AvgIpc) is 2.61. The lowest BCUT2D eigenvalue weighted by atomic mass is 10.1. The normalized spacial score (nSPS) is 11.8. The molecule has 0 heterocycles. The summed E-state index contributed by atoms with van der Waals surface area (Å²) in [7, 11) is 3.21. The summed E-state index contributed by atoms with van der Waals surface area (Å²) in [5.74, 6) is 2.00. The molecular weight excluding hydrogens is 318 g/mol. The summed E-state index contributed by atoms with van der Waals surface area (Å²) in [5, 5.41) is 2.98. The fraction of sp³-hybridized carbons (Fsp3) is 0.350. The summed E-state index contributed by atoms with van der Waals surface area (Å²) in [5.41, 5.74) is 1.43. The van der Waals surface area contributed by atoms with Gasteiger partial charge in [0.1, 0.15) is 17.2 Å². The number of amides is 1. The van der Waals surface area contributed by atoms with Gasteiger partial charge in [0.25, 0.3) is 5.91 Å². The fourth-order valence-corrected chi connectivity index (χ4v) is 2.49. The van der Waals surface area contributed by atoms with Gasteiger partial charge in [-0.3, -0.25) is 4.79 Å². The molecule has 134 valence electrons. The maximum Gasteiger partial charge on any atom is 0.251 e. The summed E-state index contributed by atoms with van der Waals surface area (Å²) in [6.07, 6.45) is 0.0974. The minimum absolute atomic E-state index is 0.0974. The van der Waals surface area contributed by atoms with E-state index in [4.69, 9.17) is 14.2 Å². The van der Waals surface area contributed by atoms with Crippen LogP contribution in [0.4, 0.5) is 0 Å². The Bertz CT molecular complexity index is 710. The third kappa shape index (κ3) is 4.89. The highest BCUT2D eigenvalue weighted by Gasteiger charge is 2.16. The highest BCUT2D eigenvalue weighted by atomic mass is 16.5. The molecule has 1 N–H and O–H groups in total. The molecular formula is C20H25NO4. The predicted octanol–water partition coefficient (Wildman–Crippen LogP) is 3.98. The number of hydrogen-bond donors (Lipinski definition) is 1. The van der Waals surface area contributed by atoms with Gasteiger partial charge in [-0.2, -0.15) is 0 Å². The van der Waals surface area contributed by atoms with Crippen molar-refractivity contribution in [2.45, 2.75) is 32.9 Å². The van der Waals surface area contributed by atoms with Crippen LogP contribution in [0, 0.1) is 0 Å². The molecule has 1 atom stereocenters. The topological polar surface area (TPSA) is 56.8 Å². The highest BCUT2D eigenvalue weighted by Crippen LogP contribution is 2.29. The van der Waals surface area contributed by atoms with Gasteiger partial charge < -0.3 is 19.5 Å². The van der Waals surface area contributed by atoms with Crippen LogP contribution in [0.3, 0.4) is 0 Å². The summed E-state index contributed by atoms with van der Waals surface area (Å²) >= 11 is 0. The van der Waals surface area contributed by atoms with Crippen molar-refractivity contribution in [3.8, 4) is 17.2 Å². The molecule has 0 saturated carbocycles. The first-order chi connectivity index (χ1) is 11.9. The summed E-state index contributed by atoms with van der Waals surface area (Å²) in [4.78, 5) is 12.5. The van der Waals surface area contributed by atoms with Crippen LogP contribution >= 0.6 is 0 Å². The first-order valence-corrected chi connectivity index (χ1v) is 8.24. The van der Waals surface area contributed by atoms with Gasteiger partial charge in [0.15, 0.2) is 0 Å². The number of carbonyl (C=O) groups excluding carboxylic acids is 1. The lowest BCUT2D eigenvalue weighted by Crippen LogP contribution is -2.27. The van der Waals surface area contributed by atoms with Crippen molar-refractivity contribution in [3.63, 3.8) is 0 Å². The van der Waals surface area contributed by atoms with Crippen LogP contribution in [0.2, 0.25) is 0 Å². The van der Waals surface area contributed by atoms with E-state index in [9.17, 15) is 4.79 Å². The van der Waals surface area contributed by atoms with Crippen molar-refractivity contribution in [2.24, 2.45) is 0 Å². The minimum Gasteiger partial charge on any atom is -0.497 e. The molecule has 5 nitrogen and oxygen atoms in total. The van der Waals surface area contributed by atoms with E-state index in [1.54, 1.807) is 38.5 Å². The van der Waals surface area contributed by atoms with Crippen LogP contribution in [0.25, 0.3) is 0 Å². The molecule has 25 heavy (non-hydrogen) atoms. The largest absolute Gasteiger partial charge is 0.497 e. The highest BCUT2D eigenvalue weighted by molar-refractivity contribution is 5.94. The minimum atomic E-state index is -0.232. The van der Waals surface area contributed by atoms with E-state index in [0.717, 1.165) is 11.3 Å². The van der Waals surface area contributed by atoms with E-state index in [1.165, 1.54) is 0 Å². The van der Waals surface area contributed by atoms with E-state index in [2.05, 4.69) is 5.32 Å². The second kappa shape index (κ2) is 8.42. The molecule has 0 aliphatic carbocycles. The Hall–Kier alpha value is -2.69. The fourth-order valence-electron chi connectivity index (χ4n) is 2.49. The molecule has 0 bridgehead atoms. The molecule has 5 heteroatoms. The molecule has 2 aromatic rings. The standard InChI is InChI=1S/C20H25NO4/c1-13(2)25-16-8-6-15(7-9-16)20(22)21-14(3)18-12-17(23-4)10-11-19(18)24-5/h6-14H,1-5H3,(H,21,22). The second-order valence-corrected chi connectivity index (χ2v) is 5.99. The van der Waals surface area contributed by atoms with Gasteiger partial charge in [0.05, 0.1) is 26.4 Å². The molecule has 1 amide bonds. The number of rotatable bonds is 7. The maximum atomic E-state index is 12.5. The summed E-state index contributed by atoms with van der Waals surface area (Å²) in [6.45, 7) is 5.83. The quantitative estimate of drug-likeness (QED) is 0.826. The predicted molar refractivity (Wildman–Crippen MR) is 97.6 cm³/mol. The summed E-state index contributed by atoms with van der Waals surface area (Å²) in [6, 6.07) is 12.4. The van der Waals surface area contributed by atoms with Crippen molar-refractivity contribution in [1.82, 2.24) is 5.32 Å². The van der Waals surface area contributed by atoms with Crippen molar-refractivity contribution < 1.29 is 19.0 Å². The lowest BCUT2D eigenvalue weighted by Gasteiger charge is -2.18. The van der Waals surface area contributed by atoms with Crippen LogP contribution in [0.1, 0.15) is 42.7 Å². The smallest absolute Gasteiger partial charge is 0.251 e. The monoisotopic (exact) mass is 343 g/mol. The van der Waals surface area contributed by atoms with Gasteiger partial charge in [-0.25, -0.2) is 0 Å². The van der Waals surface area contributed by atoms with Gasteiger partial charge in [-0.05, 0) is 63.2 Å². The van der Waals surface area contributed by atoms with E-state index >= 15 is 0 Å². The molecule has 2 rings (SSSR count). The van der Waals surface area contributed by atoms with Crippen LogP contribution in [-0.4, -0.2) is 26.2 Å². The number of ether oxygens (including phenoxy) is 3. The van der Waals surface area contributed by atoms with Gasteiger partial charge in [-0.1, -0.05) is 0 Å². The SMILES string of the molecule is COc1ccc(OC)c(C(C)NC(=O)c2ccc(OC(C)C)cc2)c1. The Labute approximate surface area is 148 Å². The Morgan fingerprint density at radius 3 is 2.12 bits per heavy atom. The van der Waals surface area contributed by atoms with E-state index in [-0.39, 0.29) is 18.1 Å². The summed E-state index contributed by atoms with van der Waals surface area (Å²) < 4.78 is 16.2. The average molecular weight is 343 g/mol. The Morgan fingerprint density at radius 2 is 1.56 bits per heavy atom. The second-order valence-electron chi connectivity index (χ2n) is 5.99.